The topological polar surface area (TPSA) is 49.9 Å². The summed E-state index contributed by atoms with van der Waals surface area (Å²) >= 11 is 0. The highest BCUT2D eigenvalue weighted by molar-refractivity contribution is 7.89. The Morgan fingerprint density at radius 3 is 2.77 bits per heavy atom. The lowest BCUT2D eigenvalue weighted by atomic mass is 9.90. The quantitative estimate of drug-likeness (QED) is 0.781. The molecule has 0 aromatic carbocycles. The van der Waals surface area contributed by atoms with Crippen molar-refractivity contribution in [3.63, 3.8) is 0 Å². The molecule has 4 atom stereocenters. The fourth-order valence-corrected chi connectivity index (χ4v) is 6.66. The summed E-state index contributed by atoms with van der Waals surface area (Å²) in [4.78, 5) is 2.62. The number of hydrogen-bond donors (Lipinski definition) is 0. The van der Waals surface area contributed by atoms with Crippen LogP contribution in [0.15, 0.2) is 0 Å². The first-order valence-corrected chi connectivity index (χ1v) is 10.6. The SMILES string of the molecule is O=S(=O)(CC[C@@H]1CCCO1)N1C[C@@H]2CN3CCCC[C@@H]3[C@H]2C1. The van der Waals surface area contributed by atoms with E-state index in [9.17, 15) is 8.42 Å². The zero-order valence-electron chi connectivity index (χ0n) is 13.3. The van der Waals surface area contributed by atoms with E-state index < -0.39 is 10.0 Å². The Morgan fingerprint density at radius 2 is 1.95 bits per heavy atom. The number of nitrogens with zero attached hydrogens (tertiary/aromatic N) is 2. The highest BCUT2D eigenvalue weighted by Gasteiger charge is 2.49. The first-order chi connectivity index (χ1) is 10.6. The van der Waals surface area contributed by atoms with E-state index in [2.05, 4.69) is 4.90 Å². The smallest absolute Gasteiger partial charge is 0.214 e. The van der Waals surface area contributed by atoms with E-state index >= 15 is 0 Å². The highest BCUT2D eigenvalue weighted by Crippen LogP contribution is 2.41. The van der Waals surface area contributed by atoms with Crippen molar-refractivity contribution in [3.8, 4) is 0 Å². The van der Waals surface area contributed by atoms with E-state index in [1.165, 1.54) is 25.8 Å². The van der Waals surface area contributed by atoms with Gasteiger partial charge in [0.15, 0.2) is 0 Å². The fraction of sp³-hybridized carbons (Fsp3) is 1.00. The van der Waals surface area contributed by atoms with Crippen LogP contribution < -0.4 is 0 Å². The lowest BCUT2D eigenvalue weighted by Crippen LogP contribution is -2.41. The minimum absolute atomic E-state index is 0.172. The molecule has 4 rings (SSSR count). The van der Waals surface area contributed by atoms with Crippen LogP contribution in [0.25, 0.3) is 0 Å². The molecule has 0 aliphatic carbocycles. The van der Waals surface area contributed by atoms with Crippen LogP contribution in [0.5, 0.6) is 0 Å². The predicted molar refractivity (Wildman–Crippen MR) is 85.1 cm³/mol. The van der Waals surface area contributed by atoms with Gasteiger partial charge in [0.2, 0.25) is 10.0 Å². The van der Waals surface area contributed by atoms with Gasteiger partial charge in [0, 0.05) is 32.3 Å². The molecule has 0 amide bonds. The van der Waals surface area contributed by atoms with E-state index in [0.717, 1.165) is 39.1 Å². The van der Waals surface area contributed by atoms with E-state index in [1.54, 1.807) is 4.31 Å². The molecule has 4 heterocycles. The van der Waals surface area contributed by atoms with E-state index in [-0.39, 0.29) is 11.9 Å². The van der Waals surface area contributed by atoms with Gasteiger partial charge in [0.1, 0.15) is 0 Å². The summed E-state index contributed by atoms with van der Waals surface area (Å²) < 4.78 is 32.6. The third-order valence-corrected chi connectivity index (χ3v) is 8.04. The highest BCUT2D eigenvalue weighted by atomic mass is 32.2. The fourth-order valence-electron chi connectivity index (χ4n) is 5.02. The summed E-state index contributed by atoms with van der Waals surface area (Å²) in [5.41, 5.74) is 0. The molecule has 0 saturated carbocycles. The summed E-state index contributed by atoms with van der Waals surface area (Å²) in [5, 5.41) is 0. The van der Waals surface area contributed by atoms with Crippen LogP contribution in [0.3, 0.4) is 0 Å². The number of rotatable bonds is 4. The number of sulfonamides is 1. The van der Waals surface area contributed by atoms with Gasteiger partial charge in [0.05, 0.1) is 11.9 Å². The lowest BCUT2D eigenvalue weighted by Gasteiger charge is -2.33. The van der Waals surface area contributed by atoms with Crippen molar-refractivity contribution in [2.45, 2.75) is 50.7 Å². The van der Waals surface area contributed by atoms with Crippen LogP contribution in [-0.4, -0.2) is 68.3 Å². The maximum absolute atomic E-state index is 12.6. The Morgan fingerprint density at radius 1 is 1.05 bits per heavy atom. The summed E-state index contributed by atoms with van der Waals surface area (Å²) in [6, 6.07) is 0.650. The number of piperidine rings is 1. The molecule has 0 aromatic rings. The molecular formula is C16H28N2O3S. The van der Waals surface area contributed by atoms with Crippen LogP contribution in [0.2, 0.25) is 0 Å². The Bertz CT molecular complexity index is 504. The van der Waals surface area contributed by atoms with Gasteiger partial charge < -0.3 is 4.74 Å². The molecule has 126 valence electrons. The average Bonchev–Trinajstić information content (AvgIpc) is 3.21. The summed E-state index contributed by atoms with van der Waals surface area (Å²) in [7, 11) is -3.09. The second kappa shape index (κ2) is 6.04. The molecule has 4 aliphatic heterocycles. The van der Waals surface area contributed by atoms with Crippen molar-refractivity contribution in [1.29, 1.82) is 0 Å². The largest absolute Gasteiger partial charge is 0.378 e. The third-order valence-electron chi connectivity index (χ3n) is 6.20. The second-order valence-corrected chi connectivity index (χ2v) is 9.63. The molecule has 22 heavy (non-hydrogen) atoms. The summed E-state index contributed by atoms with van der Waals surface area (Å²) in [5.74, 6) is 1.42. The number of fused-ring (bicyclic) bond motifs is 3. The van der Waals surface area contributed by atoms with Gasteiger partial charge in [-0.3, -0.25) is 4.90 Å². The molecule has 4 saturated heterocycles. The van der Waals surface area contributed by atoms with Gasteiger partial charge in [-0.2, -0.15) is 0 Å². The van der Waals surface area contributed by atoms with Crippen molar-refractivity contribution in [2.75, 3.05) is 38.5 Å². The van der Waals surface area contributed by atoms with Crippen molar-refractivity contribution < 1.29 is 13.2 Å². The van der Waals surface area contributed by atoms with Crippen molar-refractivity contribution in [2.24, 2.45) is 11.8 Å². The van der Waals surface area contributed by atoms with Crippen molar-refractivity contribution in [1.82, 2.24) is 9.21 Å². The average molecular weight is 328 g/mol. The first kappa shape index (κ1) is 15.4. The Labute approximate surface area is 134 Å². The molecule has 0 unspecified atom stereocenters. The first-order valence-electron chi connectivity index (χ1n) is 8.97. The van der Waals surface area contributed by atoms with Gasteiger partial charge in [-0.25, -0.2) is 12.7 Å². The molecule has 0 spiro atoms. The number of ether oxygens (including phenoxy) is 1. The Hall–Kier alpha value is -0.170. The van der Waals surface area contributed by atoms with Gasteiger partial charge in [-0.15, -0.1) is 0 Å². The molecule has 5 nitrogen and oxygen atoms in total. The van der Waals surface area contributed by atoms with Gasteiger partial charge in [-0.1, -0.05) is 6.42 Å². The minimum atomic E-state index is -3.09. The Balaban J connectivity index is 1.36. The van der Waals surface area contributed by atoms with E-state index in [4.69, 9.17) is 4.74 Å². The predicted octanol–water partition coefficient (Wildman–Crippen LogP) is 1.30. The van der Waals surface area contributed by atoms with Gasteiger partial charge in [-0.05, 0) is 50.5 Å². The summed E-state index contributed by atoms with van der Waals surface area (Å²) in [6.07, 6.45) is 6.85. The van der Waals surface area contributed by atoms with Crippen molar-refractivity contribution >= 4 is 10.0 Å². The third kappa shape index (κ3) is 2.83. The standard InChI is InChI=1S/C16H28N2O3S/c19-22(20,9-6-14-4-3-8-21-14)18-11-13-10-17-7-2-1-5-16(17)15(13)12-18/h13-16H,1-12H2/t13-,14-,15-,16+/m0/s1. The zero-order chi connectivity index (χ0) is 15.2. The van der Waals surface area contributed by atoms with Crippen LogP contribution in [0.1, 0.15) is 38.5 Å². The monoisotopic (exact) mass is 328 g/mol. The molecule has 4 fully saturated rings. The normalized spacial score (nSPS) is 40.0. The van der Waals surface area contributed by atoms with Gasteiger partial charge >= 0.3 is 0 Å². The molecular weight excluding hydrogens is 300 g/mol. The van der Waals surface area contributed by atoms with Gasteiger partial charge in [0.25, 0.3) is 0 Å². The van der Waals surface area contributed by atoms with E-state index in [0.29, 0.717) is 24.3 Å². The number of hydrogen-bond acceptors (Lipinski definition) is 4. The molecule has 0 N–H and O–H groups in total. The van der Waals surface area contributed by atoms with Crippen LogP contribution in [-0.2, 0) is 14.8 Å². The maximum atomic E-state index is 12.6. The minimum Gasteiger partial charge on any atom is -0.378 e. The maximum Gasteiger partial charge on any atom is 0.214 e. The van der Waals surface area contributed by atoms with E-state index in [1.807, 2.05) is 0 Å². The second-order valence-electron chi connectivity index (χ2n) is 7.54. The molecule has 4 aliphatic rings. The summed E-state index contributed by atoms with van der Waals surface area (Å²) in [6.45, 7) is 4.66. The van der Waals surface area contributed by atoms with Crippen LogP contribution >= 0.6 is 0 Å². The lowest BCUT2D eigenvalue weighted by molar-refractivity contribution is 0.108. The van der Waals surface area contributed by atoms with Crippen LogP contribution in [0, 0.1) is 11.8 Å². The molecule has 0 aromatic heterocycles. The zero-order valence-corrected chi connectivity index (χ0v) is 14.1. The molecule has 0 radical (unpaired) electrons. The molecule has 0 bridgehead atoms. The van der Waals surface area contributed by atoms with Crippen molar-refractivity contribution in [3.05, 3.63) is 0 Å². The molecule has 6 heteroatoms. The van der Waals surface area contributed by atoms with Crippen LogP contribution in [0.4, 0.5) is 0 Å². The Kier molecular flexibility index (Phi) is 4.22.